The quantitative estimate of drug-likeness (QED) is 0.673. The number of carboxylic acid groups (broad SMARTS) is 2. The summed E-state index contributed by atoms with van der Waals surface area (Å²) in [7, 11) is 0. The van der Waals surface area contributed by atoms with Crippen molar-refractivity contribution in [2.75, 3.05) is 0 Å². The number of ether oxygens (including phenoxy) is 1. The molecule has 20 heavy (non-hydrogen) atoms. The van der Waals surface area contributed by atoms with E-state index in [1.165, 1.54) is 6.92 Å². The van der Waals surface area contributed by atoms with E-state index in [0.29, 0.717) is 32.6 Å². The normalized spacial score (nSPS) is 19.2. The highest BCUT2D eigenvalue weighted by Crippen LogP contribution is 2.39. The largest absolute Gasteiger partial charge is 0.479 e. The predicted molar refractivity (Wildman–Crippen MR) is 71.3 cm³/mol. The van der Waals surface area contributed by atoms with Gasteiger partial charge in [-0.25, -0.2) is 9.59 Å². The van der Waals surface area contributed by atoms with Crippen molar-refractivity contribution in [3.05, 3.63) is 0 Å². The maximum Gasteiger partial charge on any atom is 0.348 e. The molecule has 2 fully saturated rings. The van der Waals surface area contributed by atoms with Gasteiger partial charge in [-0.3, -0.25) is 4.79 Å². The Morgan fingerprint density at radius 3 is 1.55 bits per heavy atom. The summed E-state index contributed by atoms with van der Waals surface area (Å²) in [5.41, 5.74) is -2.49. The molecule has 0 bridgehead atoms. The molecule has 3 N–H and O–H groups in total. The van der Waals surface area contributed by atoms with Crippen LogP contribution in [0.25, 0.3) is 0 Å². The molecule has 118 valence electrons. The molecule has 2 rings (SSSR count). The number of hydrogen-bond donors (Lipinski definition) is 3. The van der Waals surface area contributed by atoms with E-state index in [1.54, 1.807) is 6.92 Å². The van der Waals surface area contributed by atoms with E-state index >= 15 is 0 Å². The van der Waals surface area contributed by atoms with E-state index in [4.69, 9.17) is 16.7 Å². The smallest absolute Gasteiger partial charge is 0.348 e. The molecule has 0 heterocycles. The van der Waals surface area contributed by atoms with Gasteiger partial charge in [-0.15, -0.1) is 0 Å². The summed E-state index contributed by atoms with van der Waals surface area (Å²) >= 11 is 0. The van der Waals surface area contributed by atoms with Crippen LogP contribution in [0.1, 0.15) is 55.2 Å². The number of aliphatic carboxylic acids is 2. The van der Waals surface area contributed by atoms with Crippen LogP contribution in [-0.4, -0.2) is 44.4 Å². The van der Waals surface area contributed by atoms with Crippen molar-refractivity contribution in [1.29, 1.82) is 0 Å². The maximum atomic E-state index is 10.3. The maximum absolute atomic E-state index is 10.3. The lowest BCUT2D eigenvalue weighted by Gasteiger charge is -2.08. The molecule has 0 radical (unpaired) electrons. The molecule has 0 unspecified atom stereocenters. The van der Waals surface area contributed by atoms with Crippen LogP contribution in [0, 0.1) is 0 Å². The molecule has 0 amide bonds. The minimum atomic E-state index is -1.33. The van der Waals surface area contributed by atoms with Crippen LogP contribution in [-0.2, 0) is 19.1 Å². The standard InChI is InChI=1S/C6H8O4.C4H6O3.C2H6.CH4/c1-4(7)10-6(2-3-6)5(8)9;5-3(6)4(7)1-2-4;1-2;/h2-3H2,1H3,(H,8,9);7H,1-2H2,(H,5,6);1-2H3;1H4/i;;1D;. The van der Waals surface area contributed by atoms with E-state index in [2.05, 4.69) is 4.74 Å². The molecule has 0 atom stereocenters. The van der Waals surface area contributed by atoms with Gasteiger partial charge >= 0.3 is 17.9 Å². The van der Waals surface area contributed by atoms with E-state index in [-0.39, 0.29) is 7.43 Å². The number of esters is 1. The first kappa shape index (κ1) is 18.4. The van der Waals surface area contributed by atoms with Crippen LogP contribution < -0.4 is 0 Å². The minimum absolute atomic E-state index is 0. The van der Waals surface area contributed by atoms with Gasteiger partial charge in [0.05, 0.1) is 0 Å². The first-order chi connectivity index (χ1) is 9.13. The number of aliphatic hydroxyl groups is 1. The van der Waals surface area contributed by atoms with Gasteiger partial charge in [0, 0.05) is 21.1 Å². The lowest BCUT2D eigenvalue weighted by molar-refractivity contribution is -0.165. The average Bonchev–Trinajstić information content (AvgIpc) is 3.18. The van der Waals surface area contributed by atoms with Crippen molar-refractivity contribution in [1.82, 2.24) is 0 Å². The SMILES string of the molecule is C.CC(=O)OC1(C(=O)O)CC1.O=C(O)C1(O)CC1.[2H]CC. The van der Waals surface area contributed by atoms with Gasteiger partial charge in [-0.1, -0.05) is 21.3 Å². The van der Waals surface area contributed by atoms with E-state index in [1.807, 2.05) is 0 Å². The Bertz CT molecular complexity index is 373. The zero-order valence-electron chi connectivity index (χ0n) is 12.0. The zero-order valence-corrected chi connectivity index (χ0v) is 11.0. The van der Waals surface area contributed by atoms with Gasteiger partial charge in [0.2, 0.25) is 5.60 Å². The van der Waals surface area contributed by atoms with E-state index in [0.717, 1.165) is 0 Å². The lowest BCUT2D eigenvalue weighted by Crippen LogP contribution is -2.27. The summed E-state index contributed by atoms with van der Waals surface area (Å²) in [5.74, 6) is -2.66. The Kier molecular flexibility index (Phi) is 7.20. The Morgan fingerprint density at radius 1 is 1.10 bits per heavy atom. The van der Waals surface area contributed by atoms with Gasteiger partial charge in [0.15, 0.2) is 5.60 Å². The van der Waals surface area contributed by atoms with Crippen LogP contribution in [0.2, 0.25) is 0 Å². The number of carboxylic acids is 2. The van der Waals surface area contributed by atoms with Crippen LogP contribution >= 0.6 is 0 Å². The molecule has 0 spiro atoms. The van der Waals surface area contributed by atoms with Crippen LogP contribution in [0.5, 0.6) is 0 Å². The van der Waals surface area contributed by atoms with Crippen molar-refractivity contribution >= 4 is 17.9 Å². The number of carbonyl (C=O) groups is 3. The highest BCUT2D eigenvalue weighted by atomic mass is 16.6. The van der Waals surface area contributed by atoms with Crippen LogP contribution in [0.4, 0.5) is 0 Å². The predicted octanol–water partition coefficient (Wildman–Crippen LogP) is 1.42. The van der Waals surface area contributed by atoms with Gasteiger partial charge in [-0.05, 0) is 12.8 Å². The molecule has 0 aliphatic heterocycles. The summed E-state index contributed by atoms with van der Waals surface area (Å²) in [5, 5.41) is 25.1. The summed E-state index contributed by atoms with van der Waals surface area (Å²) < 4.78 is 10.8. The third-order valence-electron chi connectivity index (χ3n) is 2.55. The van der Waals surface area contributed by atoms with Crippen molar-refractivity contribution in [2.24, 2.45) is 0 Å². The second kappa shape index (κ2) is 7.84. The second-order valence-corrected chi connectivity index (χ2v) is 4.23. The molecule has 2 saturated carbocycles. The van der Waals surface area contributed by atoms with Crippen molar-refractivity contribution < 1.29 is 35.8 Å². The number of rotatable bonds is 3. The average molecular weight is 293 g/mol. The highest BCUT2D eigenvalue weighted by molar-refractivity contribution is 5.84. The Labute approximate surface area is 120 Å². The van der Waals surface area contributed by atoms with Gasteiger partial charge in [0.1, 0.15) is 0 Å². The Balaban J connectivity index is 0. The topological polar surface area (TPSA) is 121 Å². The molecule has 7 heteroatoms. The second-order valence-electron chi connectivity index (χ2n) is 4.23. The molecule has 0 saturated heterocycles. The fourth-order valence-corrected chi connectivity index (χ4v) is 1.08. The summed E-state index contributed by atoms with van der Waals surface area (Å²) in [6, 6.07) is 0. The minimum Gasteiger partial charge on any atom is -0.479 e. The first-order valence-electron chi connectivity index (χ1n) is 6.52. The third kappa shape index (κ3) is 6.01. The highest BCUT2D eigenvalue weighted by Gasteiger charge is 2.54. The van der Waals surface area contributed by atoms with Crippen LogP contribution in [0.15, 0.2) is 0 Å². The Hall–Kier alpha value is -1.63. The molecular weight excluding hydrogens is 268 g/mol. The summed E-state index contributed by atoms with van der Waals surface area (Å²) in [6.45, 7) is 3.50. The van der Waals surface area contributed by atoms with Gasteiger partial charge in [0.25, 0.3) is 0 Å². The first-order valence-corrected chi connectivity index (χ1v) is 5.81. The van der Waals surface area contributed by atoms with Gasteiger partial charge in [-0.2, -0.15) is 0 Å². The third-order valence-corrected chi connectivity index (χ3v) is 2.55. The molecule has 2 aliphatic rings. The molecular formula is C13H24O7. The fourth-order valence-electron chi connectivity index (χ4n) is 1.08. The van der Waals surface area contributed by atoms with E-state index < -0.39 is 29.1 Å². The van der Waals surface area contributed by atoms with E-state index in [9.17, 15) is 14.4 Å². The summed E-state index contributed by atoms with van der Waals surface area (Å²) in [6.07, 6.45) is 1.73. The van der Waals surface area contributed by atoms with Crippen molar-refractivity contribution in [3.63, 3.8) is 0 Å². The Morgan fingerprint density at radius 2 is 1.50 bits per heavy atom. The van der Waals surface area contributed by atoms with Gasteiger partial charge < -0.3 is 20.1 Å². The van der Waals surface area contributed by atoms with Crippen LogP contribution in [0.3, 0.4) is 0 Å². The molecule has 0 aromatic heterocycles. The lowest BCUT2D eigenvalue weighted by atomic mass is 10.3. The summed E-state index contributed by atoms with van der Waals surface area (Å²) in [4.78, 5) is 30.5. The van der Waals surface area contributed by atoms with Crippen molar-refractivity contribution in [2.45, 2.75) is 65.1 Å². The molecule has 7 nitrogen and oxygen atoms in total. The van der Waals surface area contributed by atoms with Crippen molar-refractivity contribution in [3.8, 4) is 0 Å². The number of carbonyl (C=O) groups excluding carboxylic acids is 1. The number of hydrogen-bond acceptors (Lipinski definition) is 5. The molecule has 0 aromatic rings. The molecule has 0 aromatic carbocycles. The zero-order chi connectivity index (χ0) is 16.0. The fraction of sp³-hybridized carbons (Fsp3) is 0.769. The monoisotopic (exact) mass is 293 g/mol. The molecule has 2 aliphatic carbocycles.